The average molecular weight is 415 g/mol. The molecule has 1 amide bonds. The molecular weight excluding hydrogens is 388 g/mol. The highest BCUT2D eigenvalue weighted by atomic mass is 16.5. The Morgan fingerprint density at radius 3 is 2.48 bits per heavy atom. The van der Waals surface area contributed by atoms with Crippen molar-refractivity contribution in [3.05, 3.63) is 77.5 Å². The van der Waals surface area contributed by atoms with Crippen LogP contribution in [0, 0.1) is 13.8 Å². The van der Waals surface area contributed by atoms with Gasteiger partial charge < -0.3 is 9.64 Å². The smallest absolute Gasteiger partial charge is 0.254 e. The number of carbonyl (C=O) groups excluding carboxylic acids is 1. The first kappa shape index (κ1) is 20.6. The normalized spacial score (nSPS) is 11.0. The van der Waals surface area contributed by atoms with E-state index < -0.39 is 0 Å². The first-order valence-corrected chi connectivity index (χ1v) is 10.3. The van der Waals surface area contributed by atoms with Crippen LogP contribution in [0.15, 0.2) is 60.7 Å². The quantitative estimate of drug-likeness (QED) is 0.469. The molecule has 0 radical (unpaired) electrons. The van der Waals surface area contributed by atoms with Crippen LogP contribution in [0.25, 0.3) is 22.3 Å². The van der Waals surface area contributed by atoms with Gasteiger partial charge >= 0.3 is 0 Å². The zero-order valence-corrected chi connectivity index (χ0v) is 18.3. The van der Waals surface area contributed by atoms with Crippen molar-refractivity contribution in [3.8, 4) is 17.0 Å². The standard InChI is InChI=1S/C25H26N4O2/c1-17-10-12-20(13-11-17)31-15-14-28(3)25(30)21-16-22(19-8-6-5-7-9-19)26-24-23(21)18(2)27-29(24)4/h5-13,16H,14-15H2,1-4H3. The summed E-state index contributed by atoms with van der Waals surface area (Å²) in [6.07, 6.45) is 0. The number of nitrogens with zero attached hydrogens (tertiary/aromatic N) is 4. The average Bonchev–Trinajstić information content (AvgIpc) is 3.08. The first-order chi connectivity index (χ1) is 14.9. The lowest BCUT2D eigenvalue weighted by Gasteiger charge is -2.19. The molecule has 0 unspecified atom stereocenters. The van der Waals surface area contributed by atoms with Crippen LogP contribution in [0.4, 0.5) is 0 Å². The maximum atomic E-state index is 13.4. The minimum atomic E-state index is -0.0758. The van der Waals surface area contributed by atoms with Crippen molar-refractivity contribution in [2.75, 3.05) is 20.2 Å². The Kier molecular flexibility index (Phi) is 5.71. The number of amides is 1. The minimum Gasteiger partial charge on any atom is -0.492 e. The van der Waals surface area contributed by atoms with Crippen molar-refractivity contribution in [3.63, 3.8) is 0 Å². The lowest BCUT2D eigenvalue weighted by Crippen LogP contribution is -2.31. The molecule has 31 heavy (non-hydrogen) atoms. The number of benzene rings is 2. The molecule has 0 bridgehead atoms. The van der Waals surface area contributed by atoms with E-state index in [0.29, 0.717) is 24.4 Å². The Labute approximate surface area is 182 Å². The van der Waals surface area contributed by atoms with Crippen LogP contribution in [0.2, 0.25) is 0 Å². The molecule has 158 valence electrons. The summed E-state index contributed by atoms with van der Waals surface area (Å²) >= 11 is 0. The summed E-state index contributed by atoms with van der Waals surface area (Å²) in [5.74, 6) is 0.723. The van der Waals surface area contributed by atoms with E-state index >= 15 is 0 Å². The third-order valence-electron chi connectivity index (χ3n) is 5.33. The number of ether oxygens (including phenoxy) is 1. The van der Waals surface area contributed by atoms with Gasteiger partial charge in [0.2, 0.25) is 0 Å². The highest BCUT2D eigenvalue weighted by molar-refractivity contribution is 6.07. The van der Waals surface area contributed by atoms with Crippen molar-refractivity contribution in [2.45, 2.75) is 13.8 Å². The second-order valence-electron chi connectivity index (χ2n) is 7.72. The van der Waals surface area contributed by atoms with Crippen LogP contribution in [0.1, 0.15) is 21.6 Å². The molecule has 0 fully saturated rings. The Morgan fingerprint density at radius 2 is 1.77 bits per heavy atom. The zero-order chi connectivity index (χ0) is 22.0. The van der Waals surface area contributed by atoms with Crippen molar-refractivity contribution >= 4 is 16.9 Å². The third-order valence-corrected chi connectivity index (χ3v) is 5.33. The number of aromatic nitrogens is 3. The van der Waals surface area contributed by atoms with Gasteiger partial charge in [-0.1, -0.05) is 48.0 Å². The maximum absolute atomic E-state index is 13.4. The fraction of sp³-hybridized carbons (Fsp3) is 0.240. The summed E-state index contributed by atoms with van der Waals surface area (Å²) in [4.78, 5) is 19.9. The summed E-state index contributed by atoms with van der Waals surface area (Å²) in [6, 6.07) is 19.6. The summed E-state index contributed by atoms with van der Waals surface area (Å²) in [5, 5.41) is 5.29. The number of likely N-dealkylation sites (N-methyl/N-ethyl adjacent to an activating group) is 1. The van der Waals surface area contributed by atoms with E-state index in [4.69, 9.17) is 9.72 Å². The topological polar surface area (TPSA) is 60.2 Å². The number of hydrogen-bond acceptors (Lipinski definition) is 4. The van der Waals surface area contributed by atoms with Crippen molar-refractivity contribution < 1.29 is 9.53 Å². The SMILES string of the molecule is Cc1ccc(OCCN(C)C(=O)c2cc(-c3ccccc3)nc3c2c(C)nn3C)cc1. The fourth-order valence-corrected chi connectivity index (χ4v) is 3.61. The van der Waals surface area contributed by atoms with Gasteiger partial charge in [0.15, 0.2) is 5.65 Å². The number of rotatable bonds is 6. The van der Waals surface area contributed by atoms with Crippen LogP contribution in [-0.4, -0.2) is 45.8 Å². The van der Waals surface area contributed by atoms with E-state index in [9.17, 15) is 4.79 Å². The summed E-state index contributed by atoms with van der Waals surface area (Å²) < 4.78 is 7.53. The van der Waals surface area contributed by atoms with E-state index in [0.717, 1.165) is 28.1 Å². The lowest BCUT2D eigenvalue weighted by molar-refractivity contribution is 0.0775. The van der Waals surface area contributed by atoms with E-state index in [1.54, 1.807) is 16.6 Å². The maximum Gasteiger partial charge on any atom is 0.254 e. The lowest BCUT2D eigenvalue weighted by atomic mass is 10.0. The number of pyridine rings is 1. The van der Waals surface area contributed by atoms with Crippen molar-refractivity contribution in [1.82, 2.24) is 19.7 Å². The monoisotopic (exact) mass is 414 g/mol. The molecule has 6 nitrogen and oxygen atoms in total. The van der Waals surface area contributed by atoms with Gasteiger partial charge in [0.05, 0.1) is 28.9 Å². The van der Waals surface area contributed by atoms with Gasteiger partial charge in [-0.25, -0.2) is 4.98 Å². The van der Waals surface area contributed by atoms with E-state index in [1.807, 2.05) is 81.6 Å². The number of carbonyl (C=O) groups is 1. The molecule has 2 heterocycles. The number of aryl methyl sites for hydroxylation is 3. The summed E-state index contributed by atoms with van der Waals surface area (Å²) in [5.41, 5.74) is 4.99. The van der Waals surface area contributed by atoms with E-state index in [-0.39, 0.29) is 5.91 Å². The highest BCUT2D eigenvalue weighted by Gasteiger charge is 2.21. The molecule has 0 saturated carbocycles. The molecule has 4 rings (SSSR count). The molecule has 2 aromatic heterocycles. The number of fused-ring (bicyclic) bond motifs is 1. The van der Waals surface area contributed by atoms with Crippen LogP contribution in [0.3, 0.4) is 0 Å². The summed E-state index contributed by atoms with van der Waals surface area (Å²) in [7, 11) is 3.64. The molecule has 0 atom stereocenters. The summed E-state index contributed by atoms with van der Waals surface area (Å²) in [6.45, 7) is 4.83. The van der Waals surface area contributed by atoms with Gasteiger partial charge in [0, 0.05) is 19.7 Å². The highest BCUT2D eigenvalue weighted by Crippen LogP contribution is 2.27. The second kappa shape index (κ2) is 8.60. The molecule has 0 spiro atoms. The molecule has 0 saturated heterocycles. The van der Waals surface area contributed by atoms with Gasteiger partial charge in [-0.3, -0.25) is 9.48 Å². The van der Waals surface area contributed by atoms with Crippen LogP contribution >= 0.6 is 0 Å². The van der Waals surface area contributed by atoms with Gasteiger partial charge in [0.1, 0.15) is 12.4 Å². The largest absolute Gasteiger partial charge is 0.492 e. The predicted molar refractivity (Wildman–Crippen MR) is 122 cm³/mol. The third kappa shape index (κ3) is 4.28. The first-order valence-electron chi connectivity index (χ1n) is 10.3. The predicted octanol–water partition coefficient (Wildman–Crippen LogP) is 4.40. The molecule has 2 aromatic carbocycles. The molecule has 0 N–H and O–H groups in total. The van der Waals surface area contributed by atoms with Crippen LogP contribution in [-0.2, 0) is 7.05 Å². The molecular formula is C25H26N4O2. The Balaban J connectivity index is 1.60. The molecule has 0 aliphatic rings. The van der Waals surface area contributed by atoms with Crippen LogP contribution in [0.5, 0.6) is 5.75 Å². The molecule has 0 aliphatic carbocycles. The fourth-order valence-electron chi connectivity index (χ4n) is 3.61. The Bertz CT molecular complexity index is 1210. The number of hydrogen-bond donors (Lipinski definition) is 0. The molecule has 0 aliphatic heterocycles. The van der Waals surface area contributed by atoms with E-state index in [1.165, 1.54) is 5.56 Å². The van der Waals surface area contributed by atoms with Gasteiger partial charge in [-0.2, -0.15) is 5.10 Å². The van der Waals surface area contributed by atoms with E-state index in [2.05, 4.69) is 5.10 Å². The Hall–Kier alpha value is -3.67. The second-order valence-corrected chi connectivity index (χ2v) is 7.72. The molecule has 4 aromatic rings. The van der Waals surface area contributed by atoms with Crippen molar-refractivity contribution in [1.29, 1.82) is 0 Å². The van der Waals surface area contributed by atoms with Crippen LogP contribution < -0.4 is 4.74 Å². The minimum absolute atomic E-state index is 0.0758. The van der Waals surface area contributed by atoms with Gasteiger partial charge in [-0.15, -0.1) is 0 Å². The van der Waals surface area contributed by atoms with Gasteiger partial charge in [-0.05, 0) is 32.0 Å². The Morgan fingerprint density at radius 1 is 1.06 bits per heavy atom. The zero-order valence-electron chi connectivity index (χ0n) is 18.3. The molecule has 6 heteroatoms. The van der Waals surface area contributed by atoms with Crippen molar-refractivity contribution in [2.24, 2.45) is 7.05 Å². The van der Waals surface area contributed by atoms with Gasteiger partial charge in [0.25, 0.3) is 5.91 Å².